The molecule has 0 aromatic carbocycles. The molecule has 2 aromatic rings. The molecule has 1 nitrogen and oxygen atoms in total. The van der Waals surface area contributed by atoms with Gasteiger partial charge in [0.2, 0.25) is 0 Å². The van der Waals surface area contributed by atoms with Crippen molar-refractivity contribution >= 4 is 60.3 Å². The maximum absolute atomic E-state index is 11.8. The first-order chi connectivity index (χ1) is 7.15. The number of thiophene rings is 2. The van der Waals surface area contributed by atoms with Crippen molar-refractivity contribution in [1.29, 1.82) is 0 Å². The average Bonchev–Trinajstić information content (AvgIpc) is 2.75. The Labute approximate surface area is 112 Å². The number of ketones is 1. The van der Waals surface area contributed by atoms with Gasteiger partial charge in [0.05, 0.1) is 8.66 Å². The van der Waals surface area contributed by atoms with Crippen LogP contribution < -0.4 is 0 Å². The standard InChI is InChI=1S/C10H6Br2OS2/c11-6-3-7(14-5-6)4-8(13)9-1-2-10(12)15-9/h1-3,5H,4H2. The van der Waals surface area contributed by atoms with Gasteiger partial charge in [-0.15, -0.1) is 22.7 Å². The van der Waals surface area contributed by atoms with E-state index in [9.17, 15) is 4.79 Å². The van der Waals surface area contributed by atoms with Crippen LogP contribution in [0.15, 0.2) is 31.8 Å². The lowest BCUT2D eigenvalue weighted by Gasteiger charge is -1.93. The molecule has 2 heterocycles. The molecule has 78 valence electrons. The van der Waals surface area contributed by atoms with Crippen molar-refractivity contribution in [3.63, 3.8) is 0 Å². The molecule has 0 spiro atoms. The van der Waals surface area contributed by atoms with Crippen LogP contribution in [0.25, 0.3) is 0 Å². The van der Waals surface area contributed by atoms with Gasteiger partial charge in [0, 0.05) is 21.2 Å². The van der Waals surface area contributed by atoms with E-state index in [1.54, 1.807) is 11.3 Å². The van der Waals surface area contributed by atoms with Crippen LogP contribution in [0.4, 0.5) is 0 Å². The summed E-state index contributed by atoms with van der Waals surface area (Å²) in [6, 6.07) is 5.76. The lowest BCUT2D eigenvalue weighted by Crippen LogP contribution is -1.98. The molecule has 0 saturated carbocycles. The molecule has 15 heavy (non-hydrogen) atoms. The van der Waals surface area contributed by atoms with Crippen LogP contribution in [0.1, 0.15) is 14.5 Å². The molecule has 0 aliphatic rings. The highest BCUT2D eigenvalue weighted by molar-refractivity contribution is 9.11. The minimum atomic E-state index is 0.181. The minimum absolute atomic E-state index is 0.181. The van der Waals surface area contributed by atoms with E-state index in [0.717, 1.165) is 18.0 Å². The summed E-state index contributed by atoms with van der Waals surface area (Å²) in [6.07, 6.45) is 0.489. The van der Waals surface area contributed by atoms with E-state index >= 15 is 0 Å². The van der Waals surface area contributed by atoms with Gasteiger partial charge in [-0.3, -0.25) is 4.79 Å². The SMILES string of the molecule is O=C(Cc1cc(Br)cs1)c1ccc(Br)s1. The Hall–Kier alpha value is 0.0300. The first kappa shape index (κ1) is 11.5. The Balaban J connectivity index is 2.10. The number of halogens is 2. The largest absolute Gasteiger partial charge is 0.293 e. The van der Waals surface area contributed by atoms with Crippen molar-refractivity contribution < 1.29 is 4.79 Å². The van der Waals surface area contributed by atoms with Crippen molar-refractivity contribution in [2.24, 2.45) is 0 Å². The molecule has 0 saturated heterocycles. The predicted molar refractivity (Wildman–Crippen MR) is 72.1 cm³/mol. The summed E-state index contributed by atoms with van der Waals surface area (Å²) in [5.41, 5.74) is 0. The summed E-state index contributed by atoms with van der Waals surface area (Å²) in [6.45, 7) is 0. The lowest BCUT2D eigenvalue weighted by atomic mass is 10.2. The van der Waals surface area contributed by atoms with E-state index in [0.29, 0.717) is 6.42 Å². The van der Waals surface area contributed by atoms with Crippen LogP contribution in [0.5, 0.6) is 0 Å². The van der Waals surface area contributed by atoms with E-state index in [1.807, 2.05) is 23.6 Å². The summed E-state index contributed by atoms with van der Waals surface area (Å²) in [7, 11) is 0. The maximum atomic E-state index is 11.8. The third-order valence-corrected chi connectivity index (χ3v) is 5.17. The van der Waals surface area contributed by atoms with Crippen LogP contribution in [0.2, 0.25) is 0 Å². The Morgan fingerprint density at radius 2 is 2.13 bits per heavy atom. The van der Waals surface area contributed by atoms with Gasteiger partial charge in [-0.2, -0.15) is 0 Å². The smallest absolute Gasteiger partial charge is 0.178 e. The number of rotatable bonds is 3. The van der Waals surface area contributed by atoms with Crippen molar-refractivity contribution in [2.45, 2.75) is 6.42 Å². The van der Waals surface area contributed by atoms with Crippen molar-refractivity contribution in [2.75, 3.05) is 0 Å². The fraction of sp³-hybridized carbons (Fsp3) is 0.100. The number of hydrogen-bond acceptors (Lipinski definition) is 3. The molecule has 2 rings (SSSR count). The molecular formula is C10H6Br2OS2. The van der Waals surface area contributed by atoms with Gasteiger partial charge >= 0.3 is 0 Å². The molecule has 0 aliphatic heterocycles. The van der Waals surface area contributed by atoms with Gasteiger partial charge in [0.15, 0.2) is 5.78 Å². The van der Waals surface area contributed by atoms with Gasteiger partial charge in [0.1, 0.15) is 0 Å². The molecule has 0 N–H and O–H groups in total. The highest BCUT2D eigenvalue weighted by atomic mass is 79.9. The van der Waals surface area contributed by atoms with Crippen LogP contribution >= 0.6 is 54.5 Å². The highest BCUT2D eigenvalue weighted by Crippen LogP contribution is 2.25. The molecule has 0 unspecified atom stereocenters. The van der Waals surface area contributed by atoms with Gasteiger partial charge in [-0.05, 0) is 50.1 Å². The normalized spacial score (nSPS) is 10.5. The molecular weight excluding hydrogens is 360 g/mol. The van der Waals surface area contributed by atoms with E-state index in [4.69, 9.17) is 0 Å². The molecule has 2 aromatic heterocycles. The molecule has 0 radical (unpaired) electrons. The number of carbonyl (C=O) groups excluding carboxylic acids is 1. The topological polar surface area (TPSA) is 17.1 Å². The first-order valence-electron chi connectivity index (χ1n) is 4.16. The quantitative estimate of drug-likeness (QED) is 0.716. The minimum Gasteiger partial charge on any atom is -0.293 e. The zero-order valence-corrected chi connectivity index (χ0v) is 12.3. The predicted octanol–water partition coefficient (Wildman–Crippen LogP) is 4.76. The zero-order valence-electron chi connectivity index (χ0n) is 7.50. The zero-order chi connectivity index (χ0) is 10.8. The monoisotopic (exact) mass is 364 g/mol. The molecule has 0 aliphatic carbocycles. The second-order valence-electron chi connectivity index (χ2n) is 2.93. The van der Waals surface area contributed by atoms with E-state index in [2.05, 4.69) is 31.9 Å². The van der Waals surface area contributed by atoms with Crippen LogP contribution in [-0.2, 0) is 6.42 Å². The van der Waals surface area contributed by atoms with Gasteiger partial charge in [-0.1, -0.05) is 0 Å². The van der Waals surface area contributed by atoms with Crippen molar-refractivity contribution in [3.8, 4) is 0 Å². The van der Waals surface area contributed by atoms with Crippen molar-refractivity contribution in [1.82, 2.24) is 0 Å². The van der Waals surface area contributed by atoms with Crippen LogP contribution in [0, 0.1) is 0 Å². The van der Waals surface area contributed by atoms with E-state index in [1.165, 1.54) is 11.3 Å². The van der Waals surface area contributed by atoms with Crippen LogP contribution in [-0.4, -0.2) is 5.78 Å². The molecule has 0 atom stereocenters. The fourth-order valence-electron chi connectivity index (χ4n) is 1.16. The Kier molecular flexibility index (Phi) is 3.77. The summed E-state index contributed by atoms with van der Waals surface area (Å²) in [4.78, 5) is 13.7. The highest BCUT2D eigenvalue weighted by Gasteiger charge is 2.10. The summed E-state index contributed by atoms with van der Waals surface area (Å²) >= 11 is 9.81. The molecule has 0 bridgehead atoms. The summed E-state index contributed by atoms with van der Waals surface area (Å²) in [5.74, 6) is 0.181. The number of hydrogen-bond donors (Lipinski definition) is 0. The van der Waals surface area contributed by atoms with E-state index in [-0.39, 0.29) is 5.78 Å². The first-order valence-corrected chi connectivity index (χ1v) is 7.45. The Bertz CT molecular complexity index is 487. The molecule has 5 heteroatoms. The third kappa shape index (κ3) is 3.00. The second-order valence-corrected chi connectivity index (χ2v) is 7.31. The van der Waals surface area contributed by atoms with Crippen LogP contribution in [0.3, 0.4) is 0 Å². The van der Waals surface area contributed by atoms with Gasteiger partial charge in [0.25, 0.3) is 0 Å². The molecule has 0 fully saturated rings. The number of Topliss-reactive ketones (excluding diaryl/α,β-unsaturated/α-hetero) is 1. The second kappa shape index (κ2) is 4.91. The molecule has 0 amide bonds. The average molecular weight is 366 g/mol. The fourth-order valence-corrected chi connectivity index (χ4v) is 3.93. The number of carbonyl (C=O) groups is 1. The lowest BCUT2D eigenvalue weighted by molar-refractivity contribution is 0.0997. The van der Waals surface area contributed by atoms with Gasteiger partial charge in [-0.25, -0.2) is 0 Å². The maximum Gasteiger partial charge on any atom is 0.178 e. The van der Waals surface area contributed by atoms with Gasteiger partial charge < -0.3 is 0 Å². The summed E-state index contributed by atoms with van der Waals surface area (Å²) < 4.78 is 2.04. The third-order valence-electron chi connectivity index (χ3n) is 1.80. The summed E-state index contributed by atoms with van der Waals surface area (Å²) in [5, 5.41) is 1.99. The van der Waals surface area contributed by atoms with Crippen molar-refractivity contribution in [3.05, 3.63) is 41.6 Å². The Morgan fingerprint density at radius 3 is 2.67 bits per heavy atom. The Morgan fingerprint density at radius 1 is 1.33 bits per heavy atom. The van der Waals surface area contributed by atoms with E-state index < -0.39 is 0 Å².